The first-order valence-electron chi connectivity index (χ1n) is 3.22. The first kappa shape index (κ1) is 7.12. The monoisotopic (exact) mass is 141 g/mol. The van der Waals surface area contributed by atoms with Crippen molar-refractivity contribution < 1.29 is 14.6 Å². The van der Waals surface area contributed by atoms with E-state index in [1.54, 1.807) is 0 Å². The van der Waals surface area contributed by atoms with E-state index in [1.807, 2.05) is 13.8 Å². The van der Waals surface area contributed by atoms with E-state index in [1.165, 1.54) is 0 Å². The highest BCUT2D eigenvalue weighted by atomic mass is 16.5. The third kappa shape index (κ3) is 1.12. The molecule has 0 saturated heterocycles. The Bertz CT molecular complexity index is 191. The van der Waals surface area contributed by atoms with Gasteiger partial charge in [0.25, 0.3) is 0 Å². The largest absolute Gasteiger partial charge is 0.873 e. The molecule has 0 atom stereocenters. The Morgan fingerprint density at radius 3 is 2.40 bits per heavy atom. The van der Waals surface area contributed by atoms with Gasteiger partial charge in [0.2, 0.25) is 0 Å². The molecule has 0 radical (unpaired) electrons. The van der Waals surface area contributed by atoms with Crippen molar-refractivity contribution in [2.24, 2.45) is 5.92 Å². The van der Waals surface area contributed by atoms with E-state index < -0.39 is 5.97 Å². The fraction of sp³-hybridized carbons (Fsp3) is 0.571. The molecule has 0 amide bonds. The zero-order chi connectivity index (χ0) is 7.72. The second-order valence-corrected chi connectivity index (χ2v) is 2.59. The first-order valence-corrected chi connectivity index (χ1v) is 3.22. The van der Waals surface area contributed by atoms with E-state index in [0.29, 0.717) is 5.76 Å². The van der Waals surface area contributed by atoms with Crippen LogP contribution in [0.25, 0.3) is 0 Å². The first-order chi connectivity index (χ1) is 4.61. The molecule has 10 heavy (non-hydrogen) atoms. The Balaban J connectivity index is 2.75. The van der Waals surface area contributed by atoms with Crippen molar-refractivity contribution in [2.45, 2.75) is 20.3 Å². The van der Waals surface area contributed by atoms with Crippen LogP contribution in [0.3, 0.4) is 0 Å². The van der Waals surface area contributed by atoms with Gasteiger partial charge in [-0.05, 0) is 0 Å². The molecule has 1 heterocycles. The lowest BCUT2D eigenvalue weighted by Gasteiger charge is -2.10. The maximum atomic E-state index is 10.8. The Morgan fingerprint density at radius 2 is 2.20 bits per heavy atom. The van der Waals surface area contributed by atoms with Gasteiger partial charge in [0.15, 0.2) is 0 Å². The molecule has 0 saturated carbocycles. The minimum atomic E-state index is -0.422. The van der Waals surface area contributed by atoms with E-state index in [-0.39, 0.29) is 18.1 Å². The van der Waals surface area contributed by atoms with Gasteiger partial charge < -0.3 is 9.84 Å². The summed E-state index contributed by atoms with van der Waals surface area (Å²) in [7, 11) is 0. The molecule has 3 heteroatoms. The van der Waals surface area contributed by atoms with Crippen LogP contribution in [0, 0.1) is 5.92 Å². The second-order valence-electron chi connectivity index (χ2n) is 2.59. The minimum absolute atomic E-state index is 0.0268. The lowest BCUT2D eigenvalue weighted by Crippen LogP contribution is -2.05. The molecule has 0 aromatic carbocycles. The molecule has 1 rings (SSSR count). The topological polar surface area (TPSA) is 49.4 Å². The highest BCUT2D eigenvalue weighted by Crippen LogP contribution is 2.22. The predicted octanol–water partition coefficient (Wildman–Crippen LogP) is 0.161. The number of allylic oxidation sites excluding steroid dienone is 1. The molecule has 1 aliphatic rings. The van der Waals surface area contributed by atoms with Crippen LogP contribution in [-0.4, -0.2) is 5.97 Å². The zero-order valence-corrected chi connectivity index (χ0v) is 6.01. The molecule has 56 valence electrons. The number of hydrogen-bond acceptors (Lipinski definition) is 3. The summed E-state index contributed by atoms with van der Waals surface area (Å²) in [4.78, 5) is 10.5. The van der Waals surface area contributed by atoms with E-state index in [0.717, 1.165) is 0 Å². The van der Waals surface area contributed by atoms with Gasteiger partial charge in [0.1, 0.15) is 0 Å². The van der Waals surface area contributed by atoms with Crippen LogP contribution in [-0.2, 0) is 9.53 Å². The highest BCUT2D eigenvalue weighted by molar-refractivity contribution is 5.75. The third-order valence-corrected chi connectivity index (χ3v) is 1.33. The van der Waals surface area contributed by atoms with Gasteiger partial charge in [-0.3, -0.25) is 4.79 Å². The van der Waals surface area contributed by atoms with Crippen LogP contribution in [0.4, 0.5) is 0 Å². The Kier molecular flexibility index (Phi) is 1.66. The standard InChI is InChI=1S/C7H10O3/c1-4(2)7-5(8)3-6(9)10-7/h4,8H,3H2,1-2H3/p-1. The van der Waals surface area contributed by atoms with Crippen molar-refractivity contribution in [3.63, 3.8) is 0 Å². The molecule has 0 aromatic heterocycles. The fourth-order valence-electron chi connectivity index (χ4n) is 0.874. The van der Waals surface area contributed by atoms with Crippen molar-refractivity contribution in [3.8, 4) is 0 Å². The number of esters is 1. The molecular formula is C7H9O3-. The molecule has 3 nitrogen and oxygen atoms in total. The van der Waals surface area contributed by atoms with E-state index in [4.69, 9.17) is 0 Å². The normalized spacial score (nSPS) is 18.5. The second kappa shape index (κ2) is 2.33. The zero-order valence-electron chi connectivity index (χ0n) is 6.01. The molecule has 0 bridgehead atoms. The van der Waals surface area contributed by atoms with Crippen molar-refractivity contribution in [1.29, 1.82) is 0 Å². The lowest BCUT2D eigenvalue weighted by atomic mass is 10.1. The summed E-state index contributed by atoms with van der Waals surface area (Å²) in [5.74, 6) is -0.252. The summed E-state index contributed by atoms with van der Waals surface area (Å²) >= 11 is 0. The van der Waals surface area contributed by atoms with Gasteiger partial charge in [-0.25, -0.2) is 0 Å². The number of carbonyl (C=O) groups is 1. The van der Waals surface area contributed by atoms with Gasteiger partial charge >= 0.3 is 5.97 Å². The van der Waals surface area contributed by atoms with Crippen molar-refractivity contribution in [3.05, 3.63) is 11.5 Å². The van der Waals surface area contributed by atoms with Gasteiger partial charge in [-0.1, -0.05) is 19.6 Å². The average molecular weight is 141 g/mol. The van der Waals surface area contributed by atoms with Crippen LogP contribution in [0.2, 0.25) is 0 Å². The molecule has 0 aliphatic carbocycles. The predicted molar refractivity (Wildman–Crippen MR) is 32.6 cm³/mol. The van der Waals surface area contributed by atoms with E-state index in [2.05, 4.69) is 4.74 Å². The molecule has 0 aromatic rings. The summed E-state index contributed by atoms with van der Waals surface area (Å²) < 4.78 is 4.66. The third-order valence-electron chi connectivity index (χ3n) is 1.33. The van der Waals surface area contributed by atoms with Crippen LogP contribution in [0.15, 0.2) is 11.5 Å². The number of rotatable bonds is 1. The summed E-state index contributed by atoms with van der Waals surface area (Å²) in [6.45, 7) is 3.65. The van der Waals surface area contributed by atoms with Gasteiger partial charge in [-0.15, -0.1) is 0 Å². The molecule has 1 aliphatic heterocycles. The maximum Gasteiger partial charge on any atom is 0.314 e. The number of hydrogen-bond donors (Lipinski definition) is 0. The summed E-state index contributed by atoms with van der Waals surface area (Å²) in [6.07, 6.45) is -0.0759. The van der Waals surface area contributed by atoms with Crippen LogP contribution >= 0.6 is 0 Å². The Labute approximate surface area is 59.3 Å². The minimum Gasteiger partial charge on any atom is -0.873 e. The van der Waals surface area contributed by atoms with Crippen molar-refractivity contribution in [1.82, 2.24) is 0 Å². The quantitative estimate of drug-likeness (QED) is 0.489. The van der Waals surface area contributed by atoms with Crippen molar-refractivity contribution in [2.75, 3.05) is 0 Å². The smallest absolute Gasteiger partial charge is 0.314 e. The maximum absolute atomic E-state index is 10.8. The van der Waals surface area contributed by atoms with Crippen molar-refractivity contribution >= 4 is 5.97 Å². The van der Waals surface area contributed by atoms with E-state index in [9.17, 15) is 9.90 Å². The van der Waals surface area contributed by atoms with Crippen LogP contribution in [0.1, 0.15) is 20.3 Å². The summed E-state index contributed by atoms with van der Waals surface area (Å²) in [6, 6.07) is 0. The van der Waals surface area contributed by atoms with E-state index >= 15 is 0 Å². The molecule has 0 N–H and O–H groups in total. The number of cyclic esters (lactones) is 1. The van der Waals surface area contributed by atoms with Crippen LogP contribution in [0.5, 0.6) is 0 Å². The number of carbonyl (C=O) groups excluding carboxylic acids is 1. The van der Waals surface area contributed by atoms with Gasteiger partial charge in [-0.2, -0.15) is 0 Å². The summed E-state index contributed by atoms with van der Waals surface area (Å²) in [5.41, 5.74) is 0. The van der Waals surface area contributed by atoms with Crippen LogP contribution < -0.4 is 5.11 Å². The Hall–Kier alpha value is -0.990. The summed E-state index contributed by atoms with van der Waals surface area (Å²) in [5, 5.41) is 10.8. The van der Waals surface area contributed by atoms with Gasteiger partial charge in [0, 0.05) is 5.92 Å². The number of ether oxygens (including phenoxy) is 1. The molecule has 0 spiro atoms. The molecule has 0 fully saturated rings. The van der Waals surface area contributed by atoms with Gasteiger partial charge in [0.05, 0.1) is 12.2 Å². The molecular weight excluding hydrogens is 132 g/mol. The SMILES string of the molecule is CC(C)C1=C([O-])CC(=O)O1. The lowest BCUT2D eigenvalue weighted by molar-refractivity contribution is -0.306. The average Bonchev–Trinajstić information content (AvgIpc) is 2.10. The molecule has 0 unspecified atom stereocenters. The fourth-order valence-corrected chi connectivity index (χ4v) is 0.874. The highest BCUT2D eigenvalue weighted by Gasteiger charge is 2.18. The Morgan fingerprint density at radius 1 is 1.60 bits per heavy atom.